The van der Waals surface area contributed by atoms with Gasteiger partial charge in [0.2, 0.25) is 29.3 Å². The molecule has 0 fully saturated rings. The molecule has 0 unspecified atom stereocenters. The summed E-state index contributed by atoms with van der Waals surface area (Å²) in [4.78, 5) is 26.6. The van der Waals surface area contributed by atoms with Crippen molar-refractivity contribution in [1.82, 2.24) is 4.57 Å². The second kappa shape index (κ2) is 7.38. The maximum atomic E-state index is 13.3. The molecule has 0 bridgehead atoms. The number of hydrogen-bond acceptors (Lipinski definition) is 2. The molecule has 3 aromatic carbocycles. The Bertz CT molecular complexity index is 1290. The smallest absolute Gasteiger partial charge is 0.244 e. The molecule has 4 nitrogen and oxygen atoms in total. The average molecular weight is 395 g/mol. The van der Waals surface area contributed by atoms with E-state index < -0.39 is 0 Å². The van der Waals surface area contributed by atoms with Crippen LogP contribution in [0.1, 0.15) is 51.0 Å². The lowest BCUT2D eigenvalue weighted by atomic mass is 9.90. The zero-order valence-corrected chi connectivity index (χ0v) is 17.0. The maximum Gasteiger partial charge on any atom is 0.244 e. The van der Waals surface area contributed by atoms with Gasteiger partial charge in [-0.15, -0.1) is 0 Å². The van der Waals surface area contributed by atoms with Crippen LogP contribution in [0.4, 0.5) is 0 Å². The normalized spacial score (nSPS) is 12.8. The van der Waals surface area contributed by atoms with Gasteiger partial charge >= 0.3 is 0 Å². The van der Waals surface area contributed by atoms with Crippen molar-refractivity contribution in [1.29, 1.82) is 0 Å². The Balaban J connectivity index is 1.57. The first kappa shape index (κ1) is 18.5. The molecule has 1 aromatic heterocycles. The third-order valence-electron chi connectivity index (χ3n) is 5.89. The monoisotopic (exact) mass is 395 g/mol. The van der Waals surface area contributed by atoms with Crippen molar-refractivity contribution in [3.05, 3.63) is 101 Å². The first-order valence-corrected chi connectivity index (χ1v) is 10.5. The number of imidazole rings is 1. The van der Waals surface area contributed by atoms with Crippen molar-refractivity contribution in [2.24, 2.45) is 0 Å². The van der Waals surface area contributed by atoms with E-state index in [9.17, 15) is 9.59 Å². The Kier molecular flexibility index (Phi) is 4.55. The number of aryl methyl sites for hydroxylation is 3. The molecule has 148 valence electrons. The van der Waals surface area contributed by atoms with Crippen molar-refractivity contribution in [2.45, 2.75) is 32.9 Å². The molecule has 1 heterocycles. The molecular formula is C26H23N2O2+. The molecule has 1 aliphatic carbocycles. The van der Waals surface area contributed by atoms with E-state index >= 15 is 0 Å². The van der Waals surface area contributed by atoms with Gasteiger partial charge in [0.1, 0.15) is 0 Å². The molecule has 30 heavy (non-hydrogen) atoms. The van der Waals surface area contributed by atoms with E-state index in [0.29, 0.717) is 35.6 Å². The van der Waals surface area contributed by atoms with Gasteiger partial charge in [0, 0.05) is 17.5 Å². The highest BCUT2D eigenvalue weighted by Crippen LogP contribution is 2.26. The SMILES string of the molecule is CCC[n+]1cn(CCc2cccc3ccccc23)c2c1C(=O)c1ccccc1C2=O. The summed E-state index contributed by atoms with van der Waals surface area (Å²) in [6.45, 7) is 3.44. The number of rotatable bonds is 5. The van der Waals surface area contributed by atoms with E-state index in [-0.39, 0.29) is 11.6 Å². The minimum atomic E-state index is -0.0621. The van der Waals surface area contributed by atoms with Gasteiger partial charge in [-0.1, -0.05) is 73.7 Å². The Morgan fingerprint density at radius 2 is 1.53 bits per heavy atom. The molecule has 4 heteroatoms. The zero-order chi connectivity index (χ0) is 20.7. The Hall–Kier alpha value is -3.53. The summed E-state index contributed by atoms with van der Waals surface area (Å²) in [5.41, 5.74) is 3.30. The fourth-order valence-electron chi connectivity index (χ4n) is 4.50. The van der Waals surface area contributed by atoms with Crippen LogP contribution in [-0.2, 0) is 19.5 Å². The van der Waals surface area contributed by atoms with Crippen molar-refractivity contribution in [2.75, 3.05) is 0 Å². The van der Waals surface area contributed by atoms with Crippen LogP contribution < -0.4 is 4.57 Å². The summed E-state index contributed by atoms with van der Waals surface area (Å²) >= 11 is 0. The highest BCUT2D eigenvalue weighted by atomic mass is 16.1. The first-order valence-electron chi connectivity index (χ1n) is 10.5. The fraction of sp³-hybridized carbons (Fsp3) is 0.192. The lowest BCUT2D eigenvalue weighted by Gasteiger charge is -2.13. The molecule has 4 aromatic rings. The molecular weight excluding hydrogens is 372 g/mol. The van der Waals surface area contributed by atoms with Crippen LogP contribution in [0.3, 0.4) is 0 Å². The standard InChI is InChI=1S/C26H23N2O2/c1-2-15-27-17-28(16-14-19-10-7-9-18-8-3-4-11-20(18)19)24-23(27)25(29)21-12-5-6-13-22(21)26(24)30/h3-13,17H,2,14-16H2,1H3/q+1. The highest BCUT2D eigenvalue weighted by molar-refractivity contribution is 6.26. The predicted molar refractivity (Wildman–Crippen MR) is 116 cm³/mol. The molecule has 0 saturated carbocycles. The number of aromatic nitrogens is 2. The van der Waals surface area contributed by atoms with Crippen molar-refractivity contribution >= 4 is 22.3 Å². The van der Waals surface area contributed by atoms with Gasteiger partial charge in [-0.05, 0) is 22.8 Å². The number of carbonyl (C=O) groups excluding carboxylic acids is 2. The van der Waals surface area contributed by atoms with E-state index in [2.05, 4.69) is 43.3 Å². The van der Waals surface area contributed by atoms with Crippen LogP contribution >= 0.6 is 0 Å². The molecule has 0 saturated heterocycles. The minimum Gasteiger partial charge on any atom is -0.284 e. The lowest BCUT2D eigenvalue weighted by molar-refractivity contribution is -0.698. The van der Waals surface area contributed by atoms with Gasteiger partial charge in [-0.2, -0.15) is 0 Å². The lowest BCUT2D eigenvalue weighted by Crippen LogP contribution is -2.40. The summed E-state index contributed by atoms with van der Waals surface area (Å²) < 4.78 is 3.93. The maximum absolute atomic E-state index is 13.3. The quantitative estimate of drug-likeness (QED) is 0.415. The van der Waals surface area contributed by atoms with E-state index in [1.807, 2.05) is 33.7 Å². The Morgan fingerprint density at radius 1 is 0.833 bits per heavy atom. The molecule has 0 aliphatic heterocycles. The summed E-state index contributed by atoms with van der Waals surface area (Å²) in [7, 11) is 0. The van der Waals surface area contributed by atoms with Crippen LogP contribution in [0.15, 0.2) is 73.1 Å². The number of fused-ring (bicyclic) bond motifs is 3. The summed E-state index contributed by atoms with van der Waals surface area (Å²) in [6.07, 6.45) is 3.63. The Labute approximate surface area is 175 Å². The predicted octanol–water partition coefficient (Wildman–Crippen LogP) is 4.36. The molecule has 0 radical (unpaired) electrons. The second-order valence-corrected chi connectivity index (χ2v) is 7.79. The summed E-state index contributed by atoms with van der Waals surface area (Å²) in [5.74, 6) is -0.120. The van der Waals surface area contributed by atoms with E-state index in [1.165, 1.54) is 16.3 Å². The number of nitrogens with zero attached hydrogens (tertiary/aromatic N) is 2. The van der Waals surface area contributed by atoms with Gasteiger partial charge < -0.3 is 0 Å². The van der Waals surface area contributed by atoms with Gasteiger partial charge in [0.05, 0.1) is 13.1 Å². The molecule has 1 aliphatic rings. The van der Waals surface area contributed by atoms with Crippen LogP contribution in [0.5, 0.6) is 0 Å². The van der Waals surface area contributed by atoms with Crippen molar-refractivity contribution in [3.63, 3.8) is 0 Å². The largest absolute Gasteiger partial charge is 0.284 e. The fourth-order valence-corrected chi connectivity index (χ4v) is 4.50. The van der Waals surface area contributed by atoms with E-state index in [1.54, 1.807) is 12.1 Å². The molecule has 0 amide bonds. The van der Waals surface area contributed by atoms with Gasteiger partial charge in [0.25, 0.3) is 0 Å². The number of benzene rings is 3. The van der Waals surface area contributed by atoms with Crippen molar-refractivity contribution < 1.29 is 14.2 Å². The summed E-state index contributed by atoms with van der Waals surface area (Å²) in [6, 6.07) is 21.8. The molecule has 0 N–H and O–H groups in total. The average Bonchev–Trinajstić information content (AvgIpc) is 3.15. The zero-order valence-electron chi connectivity index (χ0n) is 17.0. The third-order valence-corrected chi connectivity index (χ3v) is 5.89. The van der Waals surface area contributed by atoms with Crippen LogP contribution in [0.2, 0.25) is 0 Å². The van der Waals surface area contributed by atoms with Gasteiger partial charge in [0.15, 0.2) is 0 Å². The van der Waals surface area contributed by atoms with Gasteiger partial charge in [-0.3, -0.25) is 9.59 Å². The minimum absolute atomic E-state index is 0.0578. The topological polar surface area (TPSA) is 43.0 Å². The molecule has 5 rings (SSSR count). The van der Waals surface area contributed by atoms with Crippen LogP contribution in [0.25, 0.3) is 10.8 Å². The molecule has 0 spiro atoms. The number of hydrogen-bond donors (Lipinski definition) is 0. The number of ketones is 2. The first-order chi connectivity index (χ1) is 14.7. The number of carbonyl (C=O) groups is 2. The van der Waals surface area contributed by atoms with Crippen LogP contribution in [0, 0.1) is 0 Å². The summed E-state index contributed by atoms with van der Waals surface area (Å²) in [5, 5.41) is 2.45. The van der Waals surface area contributed by atoms with Crippen molar-refractivity contribution in [3.8, 4) is 0 Å². The van der Waals surface area contributed by atoms with Crippen LogP contribution in [-0.4, -0.2) is 16.1 Å². The Morgan fingerprint density at radius 3 is 2.33 bits per heavy atom. The van der Waals surface area contributed by atoms with E-state index in [4.69, 9.17) is 0 Å². The van der Waals surface area contributed by atoms with E-state index in [0.717, 1.165) is 12.8 Å². The molecule has 0 atom stereocenters. The third kappa shape index (κ3) is 2.88. The highest BCUT2D eigenvalue weighted by Gasteiger charge is 2.40. The second-order valence-electron chi connectivity index (χ2n) is 7.79. The van der Waals surface area contributed by atoms with Gasteiger partial charge in [-0.25, -0.2) is 9.13 Å².